The van der Waals surface area contributed by atoms with Crippen molar-refractivity contribution in [2.75, 3.05) is 5.75 Å². The third-order valence-electron chi connectivity index (χ3n) is 4.18. The highest BCUT2D eigenvalue weighted by Crippen LogP contribution is 2.20. The van der Waals surface area contributed by atoms with Crippen molar-refractivity contribution in [1.29, 1.82) is 0 Å². The highest BCUT2D eigenvalue weighted by molar-refractivity contribution is 7.91. The fourth-order valence-electron chi connectivity index (χ4n) is 2.73. The third kappa shape index (κ3) is 4.35. The average molecular weight is 353 g/mol. The van der Waals surface area contributed by atoms with Crippen LogP contribution < -0.4 is 5.32 Å². The van der Waals surface area contributed by atoms with Crippen molar-refractivity contribution in [3.05, 3.63) is 29.8 Å². The highest BCUT2D eigenvalue weighted by atomic mass is 32.2. The van der Waals surface area contributed by atoms with E-state index < -0.39 is 21.9 Å². The van der Waals surface area contributed by atoms with Crippen molar-refractivity contribution < 1.29 is 22.7 Å². The maximum Gasteiger partial charge on any atom is 0.340 e. The number of sulfone groups is 1. The van der Waals surface area contributed by atoms with Crippen LogP contribution in [-0.4, -0.2) is 38.2 Å². The Morgan fingerprint density at radius 1 is 1.25 bits per heavy atom. The van der Waals surface area contributed by atoms with E-state index >= 15 is 0 Å². The van der Waals surface area contributed by atoms with Crippen molar-refractivity contribution >= 4 is 21.7 Å². The summed E-state index contributed by atoms with van der Waals surface area (Å²) in [6.07, 6.45) is 3.06. The average Bonchev–Trinajstić information content (AvgIpc) is 3.07. The van der Waals surface area contributed by atoms with Crippen molar-refractivity contribution in [2.45, 2.75) is 56.6 Å². The van der Waals surface area contributed by atoms with E-state index in [1.807, 2.05) is 0 Å². The number of nitrogens with one attached hydrogen (secondary N) is 1. The lowest BCUT2D eigenvalue weighted by atomic mass is 10.2. The molecule has 1 aliphatic rings. The predicted octanol–water partition coefficient (Wildman–Crippen LogP) is 2.08. The molecule has 2 rings (SSSR count). The van der Waals surface area contributed by atoms with Crippen molar-refractivity contribution in [3.8, 4) is 0 Å². The number of carbonyl (C=O) groups is 2. The summed E-state index contributed by atoms with van der Waals surface area (Å²) in [4.78, 5) is 24.3. The van der Waals surface area contributed by atoms with Gasteiger partial charge in [-0.2, -0.15) is 0 Å². The van der Waals surface area contributed by atoms with Gasteiger partial charge in [-0.25, -0.2) is 13.2 Å². The van der Waals surface area contributed by atoms with E-state index in [-0.39, 0.29) is 28.2 Å². The summed E-state index contributed by atoms with van der Waals surface area (Å²) >= 11 is 0. The molecule has 6 nitrogen and oxygen atoms in total. The van der Waals surface area contributed by atoms with E-state index in [1.54, 1.807) is 12.1 Å². The first-order chi connectivity index (χ1) is 11.3. The van der Waals surface area contributed by atoms with Crippen LogP contribution in [0, 0.1) is 0 Å². The number of hydrogen-bond donors (Lipinski definition) is 1. The van der Waals surface area contributed by atoms with E-state index in [4.69, 9.17) is 4.74 Å². The zero-order valence-corrected chi connectivity index (χ0v) is 14.8. The Kier molecular flexibility index (Phi) is 5.99. The number of benzene rings is 1. The molecule has 0 bridgehead atoms. The van der Waals surface area contributed by atoms with Crippen LogP contribution in [0.25, 0.3) is 0 Å². The van der Waals surface area contributed by atoms with Gasteiger partial charge >= 0.3 is 5.97 Å². The molecule has 1 atom stereocenters. The van der Waals surface area contributed by atoms with E-state index in [2.05, 4.69) is 5.32 Å². The minimum absolute atomic E-state index is 0.0418. The Morgan fingerprint density at radius 2 is 1.88 bits per heavy atom. The summed E-state index contributed by atoms with van der Waals surface area (Å²) in [5.41, 5.74) is -0.0418. The van der Waals surface area contributed by atoms with Gasteiger partial charge in [-0.05, 0) is 31.9 Å². The lowest BCUT2D eigenvalue weighted by molar-refractivity contribution is -0.129. The van der Waals surface area contributed by atoms with Crippen molar-refractivity contribution in [3.63, 3.8) is 0 Å². The summed E-state index contributed by atoms with van der Waals surface area (Å²) in [5, 5.41) is 2.86. The molecule has 7 heteroatoms. The zero-order chi connectivity index (χ0) is 17.7. The van der Waals surface area contributed by atoms with Crippen LogP contribution in [-0.2, 0) is 19.4 Å². The van der Waals surface area contributed by atoms with Gasteiger partial charge in [0.05, 0.1) is 16.2 Å². The van der Waals surface area contributed by atoms with Gasteiger partial charge in [-0.1, -0.05) is 31.9 Å². The fraction of sp³-hybridized carbons (Fsp3) is 0.529. The summed E-state index contributed by atoms with van der Waals surface area (Å²) in [6, 6.07) is 6.02. The molecule has 1 aromatic rings. The topological polar surface area (TPSA) is 89.5 Å². The molecule has 1 aliphatic carbocycles. The first kappa shape index (κ1) is 18.4. The Morgan fingerprint density at radius 3 is 2.50 bits per heavy atom. The van der Waals surface area contributed by atoms with Crippen LogP contribution in [0.1, 0.15) is 49.9 Å². The van der Waals surface area contributed by atoms with Crippen molar-refractivity contribution in [2.24, 2.45) is 0 Å². The van der Waals surface area contributed by atoms with Gasteiger partial charge in [0.2, 0.25) is 0 Å². The van der Waals surface area contributed by atoms with Crippen molar-refractivity contribution in [1.82, 2.24) is 5.32 Å². The number of ether oxygens (including phenoxy) is 1. The molecule has 0 saturated heterocycles. The van der Waals surface area contributed by atoms with Gasteiger partial charge in [-0.15, -0.1) is 0 Å². The molecular weight excluding hydrogens is 330 g/mol. The smallest absolute Gasteiger partial charge is 0.340 e. The van der Waals surface area contributed by atoms with E-state index in [0.717, 1.165) is 25.7 Å². The monoisotopic (exact) mass is 353 g/mol. The Bertz CT molecular complexity index is 707. The van der Waals surface area contributed by atoms with Gasteiger partial charge in [0.15, 0.2) is 15.9 Å². The maximum absolute atomic E-state index is 12.3. The normalized spacial score (nSPS) is 16.6. The molecule has 0 heterocycles. The Balaban J connectivity index is 2.08. The minimum Gasteiger partial charge on any atom is -0.449 e. The Hall–Kier alpha value is -1.89. The summed E-state index contributed by atoms with van der Waals surface area (Å²) in [6.45, 7) is 2.99. The lowest BCUT2D eigenvalue weighted by Crippen LogP contribution is -2.41. The number of esters is 1. The van der Waals surface area contributed by atoms with Crippen LogP contribution in [0.5, 0.6) is 0 Å². The molecule has 1 saturated carbocycles. The number of carbonyl (C=O) groups excluding carboxylic acids is 2. The number of rotatable bonds is 6. The van der Waals surface area contributed by atoms with Crippen LogP contribution in [0.2, 0.25) is 0 Å². The summed E-state index contributed by atoms with van der Waals surface area (Å²) < 4.78 is 29.4. The molecule has 1 unspecified atom stereocenters. The molecule has 0 radical (unpaired) electrons. The van der Waals surface area contributed by atoms with Crippen LogP contribution in [0.3, 0.4) is 0 Å². The molecule has 1 aromatic carbocycles. The van der Waals surface area contributed by atoms with Gasteiger partial charge < -0.3 is 10.1 Å². The molecule has 24 heavy (non-hydrogen) atoms. The molecule has 1 N–H and O–H groups in total. The summed E-state index contributed by atoms with van der Waals surface area (Å²) in [5.74, 6) is -1.28. The molecule has 0 spiro atoms. The molecular formula is C17H23NO5S. The number of hydrogen-bond acceptors (Lipinski definition) is 5. The first-order valence-corrected chi connectivity index (χ1v) is 9.83. The second-order valence-corrected chi connectivity index (χ2v) is 8.18. The van der Waals surface area contributed by atoms with Gasteiger partial charge in [0, 0.05) is 6.04 Å². The quantitative estimate of drug-likeness (QED) is 0.791. The molecule has 1 fully saturated rings. The molecule has 132 valence electrons. The van der Waals surface area contributed by atoms with E-state index in [0.29, 0.717) is 0 Å². The van der Waals surface area contributed by atoms with Gasteiger partial charge in [0.1, 0.15) is 0 Å². The minimum atomic E-state index is -3.55. The standard InChI is InChI=1S/C17H23NO5S/c1-3-24(21,22)15-11-7-6-10-14(15)17(20)23-12(2)16(19)18-13-8-4-5-9-13/h6-7,10-13H,3-5,8-9H2,1-2H3,(H,18,19). The number of amides is 1. The van der Waals surface area contributed by atoms with Crippen LogP contribution >= 0.6 is 0 Å². The first-order valence-electron chi connectivity index (χ1n) is 8.18. The largest absolute Gasteiger partial charge is 0.449 e. The van der Waals surface area contributed by atoms with Crippen LogP contribution in [0.4, 0.5) is 0 Å². The molecule has 0 aromatic heterocycles. The van der Waals surface area contributed by atoms with E-state index in [9.17, 15) is 18.0 Å². The lowest BCUT2D eigenvalue weighted by Gasteiger charge is -2.17. The second kappa shape index (κ2) is 7.79. The second-order valence-electron chi connectivity index (χ2n) is 5.94. The fourth-order valence-corrected chi connectivity index (χ4v) is 3.81. The van der Waals surface area contributed by atoms with E-state index in [1.165, 1.54) is 26.0 Å². The highest BCUT2D eigenvalue weighted by Gasteiger charge is 2.26. The third-order valence-corrected chi connectivity index (χ3v) is 5.96. The summed E-state index contributed by atoms with van der Waals surface area (Å²) in [7, 11) is -3.55. The predicted molar refractivity (Wildman–Crippen MR) is 89.4 cm³/mol. The molecule has 1 amide bonds. The maximum atomic E-state index is 12.3. The SMILES string of the molecule is CCS(=O)(=O)c1ccccc1C(=O)OC(C)C(=O)NC1CCCC1. The van der Waals surface area contributed by atoms with Gasteiger partial charge in [-0.3, -0.25) is 4.79 Å². The van der Waals surface area contributed by atoms with Crippen LogP contribution in [0.15, 0.2) is 29.2 Å². The zero-order valence-electron chi connectivity index (χ0n) is 13.9. The Labute approximate surface area is 142 Å². The van der Waals surface area contributed by atoms with Gasteiger partial charge in [0.25, 0.3) is 5.91 Å². The molecule has 0 aliphatic heterocycles.